The number of hydrogen-bond acceptors (Lipinski definition) is 4. The van der Waals surface area contributed by atoms with Crippen molar-refractivity contribution in [3.8, 4) is 23.1 Å². The molecule has 0 aliphatic rings. The Morgan fingerprint density at radius 3 is 3.00 bits per heavy atom. The first kappa shape index (κ1) is 13.6. The van der Waals surface area contributed by atoms with Gasteiger partial charge in [0.2, 0.25) is 0 Å². The standard InChI is InChI=1S/C14H14N4O2/c1-20-11-5-2-4-10(8-11)13-12(14(16)19)9-18(17-13)7-3-6-15/h2,4-5,8-9H,3,7H2,1H3,(H2,16,19). The van der Waals surface area contributed by atoms with Crippen LogP contribution in [0.15, 0.2) is 30.5 Å². The molecule has 2 aromatic rings. The second kappa shape index (κ2) is 5.89. The molecule has 1 heterocycles. The van der Waals surface area contributed by atoms with E-state index in [-0.39, 0.29) is 0 Å². The quantitative estimate of drug-likeness (QED) is 0.892. The number of nitrogens with zero attached hydrogens (tertiary/aromatic N) is 3. The lowest BCUT2D eigenvalue weighted by Crippen LogP contribution is -2.11. The molecule has 1 amide bonds. The smallest absolute Gasteiger partial charge is 0.252 e. The first-order valence-corrected chi connectivity index (χ1v) is 6.04. The van der Waals surface area contributed by atoms with Crippen LogP contribution in [0.3, 0.4) is 0 Å². The first-order chi connectivity index (χ1) is 9.65. The van der Waals surface area contributed by atoms with Gasteiger partial charge in [-0.25, -0.2) is 0 Å². The minimum absolute atomic E-state index is 0.317. The Kier molecular flexibility index (Phi) is 4.01. The van der Waals surface area contributed by atoms with Crippen molar-refractivity contribution in [2.24, 2.45) is 5.73 Å². The highest BCUT2D eigenvalue weighted by atomic mass is 16.5. The zero-order valence-electron chi connectivity index (χ0n) is 11.0. The minimum Gasteiger partial charge on any atom is -0.497 e. The number of nitrogens with two attached hydrogens (primary N) is 1. The largest absolute Gasteiger partial charge is 0.497 e. The number of primary amides is 1. The molecular formula is C14H14N4O2. The van der Waals surface area contributed by atoms with Crippen molar-refractivity contribution in [2.75, 3.05) is 7.11 Å². The predicted octanol–water partition coefficient (Wildman–Crippen LogP) is 1.57. The van der Waals surface area contributed by atoms with E-state index in [4.69, 9.17) is 15.7 Å². The highest BCUT2D eigenvalue weighted by molar-refractivity contribution is 5.98. The van der Waals surface area contributed by atoms with Gasteiger partial charge in [-0.3, -0.25) is 9.48 Å². The van der Waals surface area contributed by atoms with Crippen molar-refractivity contribution < 1.29 is 9.53 Å². The lowest BCUT2D eigenvalue weighted by atomic mass is 10.1. The van der Waals surface area contributed by atoms with E-state index in [1.165, 1.54) is 0 Å². The molecule has 102 valence electrons. The van der Waals surface area contributed by atoms with Crippen molar-refractivity contribution in [3.05, 3.63) is 36.0 Å². The molecule has 0 unspecified atom stereocenters. The maximum Gasteiger partial charge on any atom is 0.252 e. The van der Waals surface area contributed by atoms with Crippen LogP contribution in [0.4, 0.5) is 0 Å². The summed E-state index contributed by atoms with van der Waals surface area (Å²) in [6.45, 7) is 0.417. The predicted molar refractivity (Wildman–Crippen MR) is 73.0 cm³/mol. The van der Waals surface area contributed by atoms with Gasteiger partial charge in [0.05, 0.1) is 31.7 Å². The average molecular weight is 270 g/mol. The number of aryl methyl sites for hydroxylation is 1. The van der Waals surface area contributed by atoms with E-state index < -0.39 is 5.91 Å². The lowest BCUT2D eigenvalue weighted by molar-refractivity contribution is 0.100. The molecule has 2 rings (SSSR count). The van der Waals surface area contributed by atoms with Crippen LogP contribution in [0.2, 0.25) is 0 Å². The van der Waals surface area contributed by atoms with Crippen LogP contribution in [0, 0.1) is 11.3 Å². The molecule has 0 atom stereocenters. The fourth-order valence-electron chi connectivity index (χ4n) is 1.86. The monoisotopic (exact) mass is 270 g/mol. The molecule has 20 heavy (non-hydrogen) atoms. The summed E-state index contributed by atoms with van der Waals surface area (Å²) in [5.74, 6) is 0.121. The van der Waals surface area contributed by atoms with Crippen molar-refractivity contribution in [1.82, 2.24) is 9.78 Å². The molecule has 2 N–H and O–H groups in total. The highest BCUT2D eigenvalue weighted by Gasteiger charge is 2.16. The molecule has 0 saturated heterocycles. The number of benzene rings is 1. The molecule has 0 spiro atoms. The maximum absolute atomic E-state index is 11.5. The molecule has 0 saturated carbocycles. The van der Waals surface area contributed by atoms with Crippen molar-refractivity contribution >= 4 is 5.91 Å². The van der Waals surface area contributed by atoms with E-state index in [0.29, 0.717) is 30.0 Å². The van der Waals surface area contributed by atoms with Crippen LogP contribution in [-0.2, 0) is 6.54 Å². The van der Waals surface area contributed by atoms with Crippen molar-refractivity contribution in [2.45, 2.75) is 13.0 Å². The molecular weight excluding hydrogens is 256 g/mol. The normalized spacial score (nSPS) is 10.0. The van der Waals surface area contributed by atoms with Crippen molar-refractivity contribution in [1.29, 1.82) is 5.26 Å². The zero-order valence-corrected chi connectivity index (χ0v) is 11.0. The first-order valence-electron chi connectivity index (χ1n) is 6.04. The third kappa shape index (κ3) is 2.78. The number of methoxy groups -OCH3 is 1. The van der Waals surface area contributed by atoms with Gasteiger partial charge in [0.1, 0.15) is 11.4 Å². The summed E-state index contributed by atoms with van der Waals surface area (Å²) in [5, 5.41) is 12.9. The van der Waals surface area contributed by atoms with Crippen LogP contribution in [-0.4, -0.2) is 22.8 Å². The topological polar surface area (TPSA) is 93.9 Å². The Morgan fingerprint density at radius 1 is 1.55 bits per heavy atom. The summed E-state index contributed by atoms with van der Waals surface area (Å²) in [6.07, 6.45) is 1.88. The van der Waals surface area contributed by atoms with E-state index in [1.807, 2.05) is 18.2 Å². The molecule has 6 nitrogen and oxygen atoms in total. The number of ether oxygens (including phenoxy) is 1. The Hall–Kier alpha value is -2.81. The molecule has 0 radical (unpaired) electrons. The summed E-state index contributed by atoms with van der Waals surface area (Å²) in [5.41, 5.74) is 6.94. The number of hydrogen-bond donors (Lipinski definition) is 1. The Morgan fingerprint density at radius 2 is 2.35 bits per heavy atom. The van der Waals surface area contributed by atoms with Gasteiger partial charge in [-0.2, -0.15) is 10.4 Å². The Labute approximate surface area is 116 Å². The number of nitriles is 1. The summed E-state index contributed by atoms with van der Waals surface area (Å²) in [4.78, 5) is 11.5. The number of amides is 1. The van der Waals surface area contributed by atoms with E-state index in [1.54, 1.807) is 30.1 Å². The Bertz CT molecular complexity index is 670. The zero-order chi connectivity index (χ0) is 14.5. The highest BCUT2D eigenvalue weighted by Crippen LogP contribution is 2.25. The molecule has 0 fully saturated rings. The summed E-state index contributed by atoms with van der Waals surface area (Å²) < 4.78 is 6.71. The van der Waals surface area contributed by atoms with E-state index in [0.717, 1.165) is 5.56 Å². The number of aromatic nitrogens is 2. The molecule has 0 aliphatic carbocycles. The molecule has 6 heteroatoms. The molecule has 1 aromatic carbocycles. The number of rotatable bonds is 5. The number of carbonyl (C=O) groups excluding carboxylic acids is 1. The molecule has 1 aromatic heterocycles. The second-order valence-electron chi connectivity index (χ2n) is 4.16. The van der Waals surface area contributed by atoms with Gasteiger partial charge in [-0.15, -0.1) is 0 Å². The average Bonchev–Trinajstić information content (AvgIpc) is 2.89. The van der Waals surface area contributed by atoms with Crippen molar-refractivity contribution in [3.63, 3.8) is 0 Å². The van der Waals surface area contributed by atoms with E-state index in [9.17, 15) is 4.79 Å². The van der Waals surface area contributed by atoms with Gasteiger partial charge >= 0.3 is 0 Å². The van der Waals surface area contributed by atoms with E-state index >= 15 is 0 Å². The van der Waals surface area contributed by atoms with Gasteiger partial charge in [0, 0.05) is 11.8 Å². The summed E-state index contributed by atoms with van der Waals surface area (Å²) in [6, 6.07) is 9.26. The third-order valence-electron chi connectivity index (χ3n) is 2.82. The lowest BCUT2D eigenvalue weighted by Gasteiger charge is -2.03. The Balaban J connectivity index is 2.45. The fraction of sp³-hybridized carbons (Fsp3) is 0.214. The summed E-state index contributed by atoms with van der Waals surface area (Å²) in [7, 11) is 1.57. The van der Waals surface area contributed by atoms with Gasteiger partial charge < -0.3 is 10.5 Å². The minimum atomic E-state index is -0.550. The maximum atomic E-state index is 11.5. The van der Waals surface area contributed by atoms with Gasteiger partial charge in [-0.1, -0.05) is 12.1 Å². The van der Waals surface area contributed by atoms with Crippen LogP contribution in [0.5, 0.6) is 5.75 Å². The van der Waals surface area contributed by atoms with E-state index in [2.05, 4.69) is 5.10 Å². The van der Waals surface area contributed by atoms with Crippen LogP contribution >= 0.6 is 0 Å². The van der Waals surface area contributed by atoms with Gasteiger partial charge in [-0.05, 0) is 12.1 Å². The third-order valence-corrected chi connectivity index (χ3v) is 2.82. The molecule has 0 aliphatic heterocycles. The fourth-order valence-corrected chi connectivity index (χ4v) is 1.86. The van der Waals surface area contributed by atoms with Crippen LogP contribution < -0.4 is 10.5 Å². The molecule has 0 bridgehead atoms. The number of carbonyl (C=O) groups is 1. The van der Waals surface area contributed by atoms with Crippen LogP contribution in [0.25, 0.3) is 11.3 Å². The van der Waals surface area contributed by atoms with Gasteiger partial charge in [0.15, 0.2) is 0 Å². The van der Waals surface area contributed by atoms with Crippen LogP contribution in [0.1, 0.15) is 16.8 Å². The SMILES string of the molecule is COc1cccc(-c2nn(CCC#N)cc2C(N)=O)c1. The second-order valence-corrected chi connectivity index (χ2v) is 4.16. The summed E-state index contributed by atoms with van der Waals surface area (Å²) >= 11 is 0. The van der Waals surface area contributed by atoms with Gasteiger partial charge in [0.25, 0.3) is 5.91 Å².